The number of nitrogens with zero attached hydrogens (tertiary/aromatic N) is 2. The van der Waals surface area contributed by atoms with Gasteiger partial charge in [-0.1, -0.05) is 24.6 Å². The lowest BCUT2D eigenvalue weighted by Crippen LogP contribution is -2.69. The minimum atomic E-state index is -5.24. The summed E-state index contributed by atoms with van der Waals surface area (Å²) in [5.74, 6) is -6.95. The van der Waals surface area contributed by atoms with Crippen molar-refractivity contribution >= 4 is 23.6 Å². The van der Waals surface area contributed by atoms with E-state index >= 15 is 0 Å². The second-order valence-electron chi connectivity index (χ2n) is 11.7. The van der Waals surface area contributed by atoms with Crippen molar-refractivity contribution < 1.29 is 32.3 Å². The Labute approximate surface area is 224 Å². The number of hydrogen-bond donors (Lipinski definition) is 3. The van der Waals surface area contributed by atoms with E-state index in [2.05, 4.69) is 18.0 Å². The van der Waals surface area contributed by atoms with E-state index in [9.17, 15) is 37.6 Å². The first-order valence-electron chi connectivity index (χ1n) is 13.4. The molecule has 0 aromatic carbocycles. The van der Waals surface area contributed by atoms with Crippen LogP contribution >= 0.6 is 0 Å². The molecule has 4 amide bonds. The number of hydrogen-bond acceptors (Lipinski definition) is 5. The number of alkyl halides is 3. The van der Waals surface area contributed by atoms with E-state index in [4.69, 9.17) is 5.73 Å². The summed E-state index contributed by atoms with van der Waals surface area (Å²) in [6, 6.07) is 0.526. The van der Waals surface area contributed by atoms with Crippen molar-refractivity contribution in [1.82, 2.24) is 15.5 Å². The molecule has 5 rings (SSSR count). The Hall–Kier alpha value is -3.36. The number of rotatable bonds is 8. The molecule has 4 N–H and O–H groups in total. The topological polar surface area (TPSA) is 145 Å². The number of nitrogens with one attached hydrogen (secondary N) is 2. The molecule has 0 aromatic rings. The Morgan fingerprint density at radius 3 is 2.51 bits per heavy atom. The van der Waals surface area contributed by atoms with Crippen molar-refractivity contribution in [2.75, 3.05) is 13.1 Å². The number of likely N-dealkylation sites (tertiary alicyclic amines) is 1. The number of carbonyl (C=O) groups excluding carboxylic acids is 4. The zero-order valence-electron chi connectivity index (χ0n) is 21.4. The van der Waals surface area contributed by atoms with Crippen molar-refractivity contribution in [2.24, 2.45) is 46.7 Å². The Balaban J connectivity index is 1.60. The van der Waals surface area contributed by atoms with Crippen molar-refractivity contribution in [3.63, 3.8) is 0 Å². The maximum absolute atomic E-state index is 14.4. The van der Waals surface area contributed by atoms with Gasteiger partial charge >= 0.3 is 12.1 Å². The van der Waals surface area contributed by atoms with E-state index < -0.39 is 58.6 Å². The van der Waals surface area contributed by atoms with Gasteiger partial charge in [0.2, 0.25) is 17.7 Å². The van der Waals surface area contributed by atoms with E-state index in [-0.39, 0.29) is 36.6 Å². The lowest BCUT2D eigenvalue weighted by molar-refractivity contribution is -0.177. The van der Waals surface area contributed by atoms with Crippen LogP contribution in [0.25, 0.3) is 0 Å². The molecule has 39 heavy (non-hydrogen) atoms. The number of carbonyl (C=O) groups is 4. The summed E-state index contributed by atoms with van der Waals surface area (Å²) in [4.78, 5) is 53.7. The highest BCUT2D eigenvalue weighted by Crippen LogP contribution is 2.61. The number of nitrogens with two attached hydrogens (primary N) is 1. The molecule has 3 aliphatic carbocycles. The van der Waals surface area contributed by atoms with Crippen LogP contribution < -0.4 is 16.4 Å². The van der Waals surface area contributed by atoms with Crippen molar-refractivity contribution in [3.05, 3.63) is 24.8 Å². The first kappa shape index (κ1) is 27.2. The Kier molecular flexibility index (Phi) is 6.55. The second kappa shape index (κ2) is 9.38. The molecule has 0 radical (unpaired) electrons. The maximum atomic E-state index is 14.4. The average molecular weight is 548 g/mol. The van der Waals surface area contributed by atoms with Crippen LogP contribution in [-0.4, -0.2) is 59.4 Å². The Morgan fingerprint density at radius 1 is 1.31 bits per heavy atom. The highest BCUT2D eigenvalue weighted by Gasteiger charge is 2.70. The molecule has 2 saturated carbocycles. The zero-order chi connectivity index (χ0) is 28.3. The van der Waals surface area contributed by atoms with Gasteiger partial charge in [0.1, 0.15) is 11.6 Å². The third kappa shape index (κ3) is 3.95. The van der Waals surface area contributed by atoms with Gasteiger partial charge < -0.3 is 21.3 Å². The van der Waals surface area contributed by atoms with Crippen LogP contribution in [0.5, 0.6) is 0 Å². The summed E-state index contributed by atoms with van der Waals surface area (Å²) in [5, 5.41) is 15.0. The average Bonchev–Trinajstić information content (AvgIpc) is 3.62. The lowest BCUT2D eigenvalue weighted by atomic mass is 9.62. The van der Waals surface area contributed by atoms with Crippen molar-refractivity contribution in [3.8, 4) is 6.07 Å². The molecule has 0 spiro atoms. The fourth-order valence-electron chi connectivity index (χ4n) is 8.03. The van der Waals surface area contributed by atoms with Crippen LogP contribution in [-0.2, 0) is 19.2 Å². The summed E-state index contributed by atoms with van der Waals surface area (Å²) in [7, 11) is 0. The van der Waals surface area contributed by atoms with Gasteiger partial charge in [0, 0.05) is 30.3 Å². The van der Waals surface area contributed by atoms with E-state index in [1.807, 2.05) is 17.5 Å². The normalized spacial score (nSPS) is 35.4. The third-order valence-corrected chi connectivity index (χ3v) is 10.0. The number of fused-ring (bicyclic) bond motifs is 5. The molecule has 8 atom stereocenters. The summed E-state index contributed by atoms with van der Waals surface area (Å²) in [6.45, 7) is 4.17. The van der Waals surface area contributed by atoms with Gasteiger partial charge in [0.05, 0.1) is 12.0 Å². The number of halogens is 3. The minimum absolute atomic E-state index is 0.0125. The molecule has 5 unspecified atom stereocenters. The molecule has 2 bridgehead atoms. The number of nitriles is 1. The quantitative estimate of drug-likeness (QED) is 0.395. The largest absolute Gasteiger partial charge is 0.471 e. The van der Waals surface area contributed by atoms with Gasteiger partial charge in [-0.2, -0.15) is 18.4 Å². The summed E-state index contributed by atoms with van der Waals surface area (Å²) >= 11 is 0. The first-order valence-corrected chi connectivity index (χ1v) is 13.4. The van der Waals surface area contributed by atoms with Gasteiger partial charge in [-0.25, -0.2) is 0 Å². The maximum Gasteiger partial charge on any atom is 0.471 e. The van der Waals surface area contributed by atoms with Crippen LogP contribution in [0.1, 0.15) is 38.5 Å². The monoisotopic (exact) mass is 547 g/mol. The summed E-state index contributed by atoms with van der Waals surface area (Å²) < 4.78 is 40.1. The van der Waals surface area contributed by atoms with Crippen LogP contribution in [0.2, 0.25) is 0 Å². The summed E-state index contributed by atoms with van der Waals surface area (Å²) in [6.07, 6.45) is 2.55. The van der Waals surface area contributed by atoms with Crippen LogP contribution in [0, 0.1) is 52.3 Å². The molecule has 12 heteroatoms. The smallest absolute Gasteiger partial charge is 0.368 e. The predicted octanol–water partition coefficient (Wildman–Crippen LogP) is 1.56. The van der Waals surface area contributed by atoms with Gasteiger partial charge in [-0.05, 0) is 49.9 Å². The summed E-state index contributed by atoms with van der Waals surface area (Å²) in [5.41, 5.74) is 3.11. The van der Waals surface area contributed by atoms with Crippen LogP contribution in [0.3, 0.4) is 0 Å². The van der Waals surface area contributed by atoms with E-state index in [0.29, 0.717) is 32.2 Å². The fourth-order valence-corrected chi connectivity index (χ4v) is 8.03. The molecule has 0 aromatic heterocycles. The second-order valence-corrected chi connectivity index (χ2v) is 11.7. The van der Waals surface area contributed by atoms with E-state index in [1.54, 1.807) is 0 Å². The number of allylic oxidation sites excluding steroid dienone is 2. The van der Waals surface area contributed by atoms with Gasteiger partial charge in [-0.15, -0.1) is 6.58 Å². The van der Waals surface area contributed by atoms with Crippen LogP contribution in [0.4, 0.5) is 13.2 Å². The number of amides is 4. The Morgan fingerprint density at radius 2 is 2.00 bits per heavy atom. The highest BCUT2D eigenvalue weighted by molar-refractivity contribution is 5.97. The van der Waals surface area contributed by atoms with Gasteiger partial charge in [0.15, 0.2) is 0 Å². The molecule has 2 saturated heterocycles. The molecule has 5 aliphatic rings. The predicted molar refractivity (Wildman–Crippen MR) is 131 cm³/mol. The highest BCUT2D eigenvalue weighted by atomic mass is 19.4. The van der Waals surface area contributed by atoms with E-state index in [0.717, 1.165) is 6.42 Å². The zero-order valence-corrected chi connectivity index (χ0v) is 21.4. The first-order chi connectivity index (χ1) is 18.4. The number of primary amides is 1. The molecule has 4 fully saturated rings. The standard InChI is InChI=1S/C27H32F3N5O4/c1-2-25(7-3-8-25)20(34-24(39)27(28,29)30)22(37)35-13-18-14-4-5-15(10-14)19(18)26(35,23(32)38)17(12-31)11-16-6-9-33-21(16)36/h2,4-5,14-20H,1,3,6-11,13H2,(H2,32,38)(H,33,36)(H,34,39)/t14?,15?,16-,17-,18?,19?,20-,26?/m1/s1. The SMILES string of the molecule is C=CC1([C@H](NC(=O)C(F)(F)F)C(=O)N2CC3C4C=CC(C4)C3C2(C(N)=O)[C@@H](C#N)C[C@H]2CCNC2=O)CCC1. The molecule has 2 aliphatic heterocycles. The van der Waals surface area contributed by atoms with Crippen LogP contribution in [0.15, 0.2) is 24.8 Å². The minimum Gasteiger partial charge on any atom is -0.368 e. The third-order valence-electron chi connectivity index (χ3n) is 10.0. The van der Waals surface area contributed by atoms with Crippen molar-refractivity contribution in [1.29, 1.82) is 5.26 Å². The molecular weight excluding hydrogens is 515 g/mol. The Bertz CT molecular complexity index is 1170. The fraction of sp³-hybridized carbons (Fsp3) is 0.667. The van der Waals surface area contributed by atoms with Gasteiger partial charge in [0.25, 0.3) is 0 Å². The molecular formula is C27H32F3N5O4. The molecule has 210 valence electrons. The van der Waals surface area contributed by atoms with Gasteiger partial charge in [-0.3, -0.25) is 19.2 Å². The lowest BCUT2D eigenvalue weighted by Gasteiger charge is -2.50. The van der Waals surface area contributed by atoms with E-state index in [1.165, 1.54) is 11.0 Å². The molecule has 9 nitrogen and oxygen atoms in total. The van der Waals surface area contributed by atoms with Crippen molar-refractivity contribution in [2.45, 2.75) is 56.3 Å². The molecule has 2 heterocycles.